The van der Waals surface area contributed by atoms with Crippen LogP contribution in [0.25, 0.3) is 11.5 Å². The van der Waals surface area contributed by atoms with E-state index in [2.05, 4.69) is 20.3 Å². The highest BCUT2D eigenvalue weighted by molar-refractivity contribution is 5.90. The molecule has 0 radical (unpaired) electrons. The molecular weight excluding hydrogens is 350 g/mol. The molecule has 0 aliphatic heterocycles. The van der Waals surface area contributed by atoms with Crippen LogP contribution in [0.2, 0.25) is 0 Å². The molecule has 1 heterocycles. The summed E-state index contributed by atoms with van der Waals surface area (Å²) in [6, 6.07) is 16.5. The SMILES string of the molecule is COC(=O)[C@H](O)[C@@H](NC(=O)c1nnc(-c2ccccc2)o1)c1ccccc1. The maximum absolute atomic E-state index is 12.5. The maximum Gasteiger partial charge on any atom is 0.337 e. The Morgan fingerprint density at radius 1 is 1.04 bits per heavy atom. The van der Waals surface area contributed by atoms with Crippen molar-refractivity contribution in [3.05, 3.63) is 72.1 Å². The number of aliphatic hydroxyl groups is 1. The standard InChI is InChI=1S/C19H17N3O5/c1-26-19(25)15(23)14(12-8-4-2-5-9-12)20-16(24)18-22-21-17(27-18)13-10-6-3-7-11-13/h2-11,14-15,23H,1H3,(H,20,24)/t14-,15+/m0/s1. The largest absolute Gasteiger partial charge is 0.467 e. The van der Waals surface area contributed by atoms with E-state index < -0.39 is 24.0 Å². The first-order valence-corrected chi connectivity index (χ1v) is 8.11. The van der Waals surface area contributed by atoms with Gasteiger partial charge in [0.2, 0.25) is 5.89 Å². The van der Waals surface area contributed by atoms with Gasteiger partial charge in [-0.3, -0.25) is 4.79 Å². The van der Waals surface area contributed by atoms with Gasteiger partial charge in [0.1, 0.15) is 0 Å². The summed E-state index contributed by atoms with van der Waals surface area (Å²) in [6.45, 7) is 0. The van der Waals surface area contributed by atoms with Gasteiger partial charge in [0.05, 0.1) is 13.2 Å². The van der Waals surface area contributed by atoms with Crippen molar-refractivity contribution in [3.63, 3.8) is 0 Å². The minimum absolute atomic E-state index is 0.186. The molecule has 0 unspecified atom stereocenters. The Morgan fingerprint density at radius 2 is 1.67 bits per heavy atom. The molecule has 138 valence electrons. The van der Waals surface area contributed by atoms with Gasteiger partial charge in [0.15, 0.2) is 6.10 Å². The zero-order valence-electron chi connectivity index (χ0n) is 14.4. The van der Waals surface area contributed by atoms with Crippen LogP contribution in [0.15, 0.2) is 65.1 Å². The van der Waals surface area contributed by atoms with E-state index in [-0.39, 0.29) is 11.8 Å². The van der Waals surface area contributed by atoms with Gasteiger partial charge in [-0.1, -0.05) is 48.5 Å². The predicted octanol–water partition coefficient (Wildman–Crippen LogP) is 1.74. The van der Waals surface area contributed by atoms with Crippen molar-refractivity contribution in [2.24, 2.45) is 0 Å². The van der Waals surface area contributed by atoms with Crippen LogP contribution in [0.4, 0.5) is 0 Å². The second kappa shape index (κ2) is 8.24. The van der Waals surface area contributed by atoms with Crippen LogP contribution in [0, 0.1) is 0 Å². The summed E-state index contributed by atoms with van der Waals surface area (Å²) in [4.78, 5) is 24.3. The minimum atomic E-state index is -1.60. The lowest BCUT2D eigenvalue weighted by atomic mass is 10.0. The molecule has 0 aliphatic carbocycles. The van der Waals surface area contributed by atoms with Gasteiger partial charge in [-0.25, -0.2) is 4.79 Å². The fourth-order valence-corrected chi connectivity index (χ4v) is 2.48. The zero-order chi connectivity index (χ0) is 19.2. The molecule has 0 spiro atoms. The molecule has 0 saturated heterocycles. The number of aliphatic hydroxyl groups excluding tert-OH is 1. The monoisotopic (exact) mass is 367 g/mol. The van der Waals surface area contributed by atoms with Crippen LogP contribution in [-0.4, -0.2) is 40.4 Å². The molecule has 1 aromatic heterocycles. The van der Waals surface area contributed by atoms with E-state index in [1.54, 1.807) is 54.6 Å². The number of carbonyl (C=O) groups is 2. The number of aromatic nitrogens is 2. The molecule has 8 nitrogen and oxygen atoms in total. The average Bonchev–Trinajstić information content (AvgIpc) is 3.22. The second-order valence-corrected chi connectivity index (χ2v) is 5.61. The summed E-state index contributed by atoms with van der Waals surface area (Å²) < 4.78 is 9.97. The Labute approximate surface area is 154 Å². The van der Waals surface area contributed by atoms with Crippen LogP contribution in [0.3, 0.4) is 0 Å². The second-order valence-electron chi connectivity index (χ2n) is 5.61. The number of nitrogens with one attached hydrogen (secondary N) is 1. The molecule has 8 heteroatoms. The van der Waals surface area contributed by atoms with Crippen molar-refractivity contribution < 1.29 is 23.8 Å². The van der Waals surface area contributed by atoms with E-state index in [1.165, 1.54) is 0 Å². The smallest absolute Gasteiger partial charge is 0.337 e. The van der Waals surface area contributed by atoms with Crippen LogP contribution in [0.1, 0.15) is 22.3 Å². The Bertz CT molecular complexity index is 911. The average molecular weight is 367 g/mol. The first-order chi connectivity index (χ1) is 13.1. The van der Waals surface area contributed by atoms with Gasteiger partial charge in [0, 0.05) is 5.56 Å². The van der Waals surface area contributed by atoms with Gasteiger partial charge in [0.25, 0.3) is 0 Å². The molecule has 3 rings (SSSR count). The molecule has 0 saturated carbocycles. The van der Waals surface area contributed by atoms with Crippen LogP contribution in [0.5, 0.6) is 0 Å². The first kappa shape index (κ1) is 18.3. The summed E-state index contributed by atoms with van der Waals surface area (Å²) in [7, 11) is 1.15. The number of benzene rings is 2. The van der Waals surface area contributed by atoms with Crippen molar-refractivity contribution >= 4 is 11.9 Å². The normalized spacial score (nSPS) is 12.8. The molecule has 0 fully saturated rings. The number of hydrogen-bond acceptors (Lipinski definition) is 7. The summed E-state index contributed by atoms with van der Waals surface area (Å²) in [5, 5.41) is 20.4. The first-order valence-electron chi connectivity index (χ1n) is 8.11. The highest BCUT2D eigenvalue weighted by atomic mass is 16.5. The third kappa shape index (κ3) is 4.18. The predicted molar refractivity (Wildman–Crippen MR) is 94.4 cm³/mol. The van der Waals surface area contributed by atoms with Crippen molar-refractivity contribution in [2.45, 2.75) is 12.1 Å². The highest BCUT2D eigenvalue weighted by Crippen LogP contribution is 2.20. The molecule has 2 N–H and O–H groups in total. The summed E-state index contributed by atoms with van der Waals surface area (Å²) in [5.41, 5.74) is 1.19. The number of hydrogen-bond donors (Lipinski definition) is 2. The molecule has 0 aliphatic rings. The van der Waals surface area contributed by atoms with Crippen LogP contribution < -0.4 is 5.32 Å². The number of esters is 1. The van der Waals surface area contributed by atoms with E-state index in [4.69, 9.17) is 4.42 Å². The number of ether oxygens (including phenoxy) is 1. The number of nitrogens with zero attached hydrogens (tertiary/aromatic N) is 2. The van der Waals surface area contributed by atoms with E-state index in [1.807, 2.05) is 6.07 Å². The lowest BCUT2D eigenvalue weighted by molar-refractivity contribution is -0.151. The van der Waals surface area contributed by atoms with Crippen molar-refractivity contribution in [2.75, 3.05) is 7.11 Å². The molecule has 2 aromatic carbocycles. The Balaban J connectivity index is 1.82. The van der Waals surface area contributed by atoms with Crippen molar-refractivity contribution in [3.8, 4) is 11.5 Å². The van der Waals surface area contributed by atoms with Gasteiger partial charge < -0.3 is 19.6 Å². The summed E-state index contributed by atoms with van der Waals surface area (Å²) in [6.07, 6.45) is -1.60. The topological polar surface area (TPSA) is 115 Å². The fraction of sp³-hybridized carbons (Fsp3) is 0.158. The minimum Gasteiger partial charge on any atom is -0.467 e. The highest BCUT2D eigenvalue weighted by Gasteiger charge is 2.31. The number of amides is 1. The van der Waals surface area contributed by atoms with E-state index in [0.29, 0.717) is 11.1 Å². The van der Waals surface area contributed by atoms with Gasteiger partial charge in [-0.05, 0) is 17.7 Å². The molecule has 3 aromatic rings. The molecular formula is C19H17N3O5. The quantitative estimate of drug-likeness (QED) is 0.638. The number of methoxy groups -OCH3 is 1. The van der Waals surface area contributed by atoms with Crippen molar-refractivity contribution in [1.29, 1.82) is 0 Å². The molecule has 27 heavy (non-hydrogen) atoms. The third-order valence-corrected chi connectivity index (χ3v) is 3.84. The van der Waals surface area contributed by atoms with Crippen molar-refractivity contribution in [1.82, 2.24) is 15.5 Å². The maximum atomic E-state index is 12.5. The molecule has 0 bridgehead atoms. The van der Waals surface area contributed by atoms with E-state index in [0.717, 1.165) is 7.11 Å². The third-order valence-electron chi connectivity index (χ3n) is 3.84. The van der Waals surface area contributed by atoms with Gasteiger partial charge in [-0.15, -0.1) is 10.2 Å². The Kier molecular flexibility index (Phi) is 5.58. The number of rotatable bonds is 6. The van der Waals surface area contributed by atoms with E-state index >= 15 is 0 Å². The van der Waals surface area contributed by atoms with Gasteiger partial charge >= 0.3 is 17.8 Å². The van der Waals surface area contributed by atoms with Crippen LogP contribution >= 0.6 is 0 Å². The summed E-state index contributed by atoms with van der Waals surface area (Å²) in [5.74, 6) is -1.70. The Hall–Kier alpha value is -3.52. The Morgan fingerprint density at radius 3 is 2.30 bits per heavy atom. The lowest BCUT2D eigenvalue weighted by Crippen LogP contribution is -2.41. The molecule has 1 amide bonds. The molecule has 2 atom stereocenters. The van der Waals surface area contributed by atoms with E-state index in [9.17, 15) is 14.7 Å². The number of carbonyl (C=O) groups excluding carboxylic acids is 2. The van der Waals surface area contributed by atoms with Crippen LogP contribution in [-0.2, 0) is 9.53 Å². The lowest BCUT2D eigenvalue weighted by Gasteiger charge is -2.22. The zero-order valence-corrected chi connectivity index (χ0v) is 14.4. The fourth-order valence-electron chi connectivity index (χ4n) is 2.48. The van der Waals surface area contributed by atoms with Gasteiger partial charge in [-0.2, -0.15) is 0 Å². The summed E-state index contributed by atoms with van der Waals surface area (Å²) >= 11 is 0.